The zero-order valence-electron chi connectivity index (χ0n) is 17.7. The molecule has 168 valence electrons. The Morgan fingerprint density at radius 2 is 2.16 bits per heavy atom. The summed E-state index contributed by atoms with van der Waals surface area (Å²) in [7, 11) is 1.74. The third-order valence-corrected chi connectivity index (χ3v) is 7.14. The van der Waals surface area contributed by atoms with Gasteiger partial charge in [-0.2, -0.15) is 10.1 Å². The minimum atomic E-state index is -0.395. The van der Waals surface area contributed by atoms with Crippen LogP contribution in [0.15, 0.2) is 9.40 Å². The van der Waals surface area contributed by atoms with Gasteiger partial charge in [-0.15, -0.1) is 0 Å². The summed E-state index contributed by atoms with van der Waals surface area (Å²) in [4.78, 5) is 32.4. The molecule has 0 spiro atoms. The number of nitrogens with zero attached hydrogens (tertiary/aromatic N) is 5. The number of hydrogen-bond acceptors (Lipinski definition) is 7. The Morgan fingerprint density at radius 1 is 1.32 bits per heavy atom. The molecule has 5 rings (SSSR count). The summed E-state index contributed by atoms with van der Waals surface area (Å²) in [5.41, 5.74) is 0.380. The number of nitrogens with one attached hydrogen (secondary N) is 1. The molecule has 31 heavy (non-hydrogen) atoms. The van der Waals surface area contributed by atoms with Crippen LogP contribution in [0.5, 0.6) is 0 Å². The fraction of sp³-hybridized carbons (Fsp3) is 0.700. The zero-order chi connectivity index (χ0) is 21.7. The summed E-state index contributed by atoms with van der Waals surface area (Å²) >= 11 is 3.45. The summed E-state index contributed by atoms with van der Waals surface area (Å²) in [6.45, 7) is 3.06. The lowest BCUT2D eigenvalue weighted by Gasteiger charge is -2.27. The molecule has 5 heterocycles. The topological polar surface area (TPSA) is 104 Å². The first-order chi connectivity index (χ1) is 15.0. The van der Waals surface area contributed by atoms with Gasteiger partial charge in [0.2, 0.25) is 5.95 Å². The number of halogens is 1. The van der Waals surface area contributed by atoms with Crippen molar-refractivity contribution in [1.29, 1.82) is 0 Å². The number of carbonyl (C=O) groups is 1. The number of aromatic nitrogens is 4. The average Bonchev–Trinajstić information content (AvgIpc) is 3.42. The number of hydrogen-bond donors (Lipinski definition) is 1. The van der Waals surface area contributed by atoms with E-state index in [1.807, 2.05) is 6.92 Å². The number of carbonyl (C=O) groups excluding carboxylic acids is 1. The van der Waals surface area contributed by atoms with Crippen LogP contribution in [0.2, 0.25) is 0 Å². The van der Waals surface area contributed by atoms with Crippen LogP contribution >= 0.6 is 15.9 Å². The maximum absolute atomic E-state index is 13.3. The summed E-state index contributed by atoms with van der Waals surface area (Å²) in [5, 5.41) is 7.70. The molecule has 3 aliphatic heterocycles. The van der Waals surface area contributed by atoms with Crippen molar-refractivity contribution in [2.24, 2.45) is 7.05 Å². The van der Waals surface area contributed by atoms with Gasteiger partial charge in [0.1, 0.15) is 16.1 Å². The molecule has 3 saturated heterocycles. The molecule has 2 aromatic rings. The van der Waals surface area contributed by atoms with E-state index in [4.69, 9.17) is 14.5 Å². The van der Waals surface area contributed by atoms with Crippen molar-refractivity contribution in [3.05, 3.63) is 15.0 Å². The molecule has 4 atom stereocenters. The first-order valence-electron chi connectivity index (χ1n) is 11.0. The second-order valence-electron chi connectivity index (χ2n) is 8.45. The molecule has 2 aromatic heterocycles. The normalized spacial score (nSPS) is 27.8. The van der Waals surface area contributed by atoms with Crippen LogP contribution in [-0.4, -0.2) is 56.8 Å². The van der Waals surface area contributed by atoms with E-state index in [0.29, 0.717) is 34.7 Å². The van der Waals surface area contributed by atoms with Crippen molar-refractivity contribution < 1.29 is 14.3 Å². The highest BCUT2D eigenvalue weighted by Gasteiger charge is 2.50. The first kappa shape index (κ1) is 20.7. The predicted octanol–water partition coefficient (Wildman–Crippen LogP) is 2.45. The van der Waals surface area contributed by atoms with Crippen molar-refractivity contribution in [1.82, 2.24) is 24.6 Å². The van der Waals surface area contributed by atoms with E-state index in [2.05, 4.69) is 31.2 Å². The molecule has 11 heteroatoms. The minimum Gasteiger partial charge on any atom is -0.444 e. The van der Waals surface area contributed by atoms with Crippen molar-refractivity contribution >= 4 is 39.0 Å². The van der Waals surface area contributed by atoms with Gasteiger partial charge in [-0.1, -0.05) is 0 Å². The number of rotatable bonds is 4. The van der Waals surface area contributed by atoms with Crippen molar-refractivity contribution in [3.63, 3.8) is 0 Å². The standard InChI is InChI=1S/C20H27BrN6O4/c1-3-22-20(29)31-13-10-11-7-8-12(13)26(11)19-23-17-15(18(28)25(19)2)16(21)24-27(17)14-6-4-5-9-30-14/h11-14H,3-10H2,1-2H3,(H,22,29)/t11-,12+,13+,14?/m0/s1. The van der Waals surface area contributed by atoms with Gasteiger partial charge < -0.3 is 19.7 Å². The molecule has 0 radical (unpaired) electrons. The minimum absolute atomic E-state index is 0.00824. The fourth-order valence-corrected chi connectivity index (χ4v) is 5.68. The lowest BCUT2D eigenvalue weighted by molar-refractivity contribution is -0.0371. The number of alkyl carbamates (subject to hydrolysis) is 1. The molecular weight excluding hydrogens is 468 g/mol. The molecule has 1 unspecified atom stereocenters. The maximum atomic E-state index is 13.3. The maximum Gasteiger partial charge on any atom is 0.407 e. The van der Waals surface area contributed by atoms with Gasteiger partial charge in [0.25, 0.3) is 5.56 Å². The van der Waals surface area contributed by atoms with E-state index in [9.17, 15) is 9.59 Å². The van der Waals surface area contributed by atoms with Crippen LogP contribution in [0.3, 0.4) is 0 Å². The molecule has 0 saturated carbocycles. The van der Waals surface area contributed by atoms with Gasteiger partial charge in [-0.3, -0.25) is 9.36 Å². The number of fused-ring (bicyclic) bond motifs is 3. The lowest BCUT2D eigenvalue weighted by Crippen LogP contribution is -2.40. The van der Waals surface area contributed by atoms with E-state index < -0.39 is 6.09 Å². The first-order valence-corrected chi connectivity index (χ1v) is 11.8. The highest BCUT2D eigenvalue weighted by Crippen LogP contribution is 2.42. The van der Waals surface area contributed by atoms with E-state index in [1.165, 1.54) is 0 Å². The van der Waals surface area contributed by atoms with Gasteiger partial charge in [0.15, 0.2) is 11.9 Å². The Labute approximate surface area is 188 Å². The van der Waals surface area contributed by atoms with Gasteiger partial charge in [-0.05, 0) is 55.0 Å². The number of anilines is 1. The quantitative estimate of drug-likeness (QED) is 0.695. The molecule has 2 bridgehead atoms. The molecule has 10 nitrogen and oxygen atoms in total. The van der Waals surface area contributed by atoms with E-state index >= 15 is 0 Å². The predicted molar refractivity (Wildman–Crippen MR) is 117 cm³/mol. The van der Waals surface area contributed by atoms with E-state index in [-0.39, 0.29) is 30.0 Å². The molecule has 0 aromatic carbocycles. The van der Waals surface area contributed by atoms with Crippen LogP contribution < -0.4 is 15.8 Å². The molecule has 0 aliphatic carbocycles. The number of ether oxygens (including phenoxy) is 2. The third-order valence-electron chi connectivity index (χ3n) is 6.59. The fourth-order valence-electron chi connectivity index (χ4n) is 5.16. The van der Waals surface area contributed by atoms with E-state index in [1.54, 1.807) is 16.3 Å². The second kappa shape index (κ2) is 8.09. The van der Waals surface area contributed by atoms with Gasteiger partial charge in [0, 0.05) is 32.7 Å². The Kier molecular flexibility index (Phi) is 5.41. The van der Waals surface area contributed by atoms with Crippen molar-refractivity contribution in [2.45, 2.75) is 69.9 Å². The molecule has 3 aliphatic rings. The van der Waals surface area contributed by atoms with Crippen molar-refractivity contribution in [3.8, 4) is 0 Å². The monoisotopic (exact) mass is 494 g/mol. The van der Waals surface area contributed by atoms with Crippen LogP contribution in [0, 0.1) is 0 Å². The third kappa shape index (κ3) is 3.42. The zero-order valence-corrected chi connectivity index (χ0v) is 19.3. The summed E-state index contributed by atoms with van der Waals surface area (Å²) in [5.74, 6) is 0.594. The Balaban J connectivity index is 1.54. The van der Waals surface area contributed by atoms with Crippen molar-refractivity contribution in [2.75, 3.05) is 18.1 Å². The Morgan fingerprint density at radius 3 is 2.90 bits per heavy atom. The number of amides is 1. The second-order valence-corrected chi connectivity index (χ2v) is 9.20. The van der Waals surface area contributed by atoms with Gasteiger partial charge in [0.05, 0.1) is 6.04 Å². The molecule has 3 fully saturated rings. The van der Waals surface area contributed by atoms with E-state index in [0.717, 1.165) is 38.5 Å². The molecule has 1 amide bonds. The van der Waals surface area contributed by atoms with Gasteiger partial charge >= 0.3 is 6.09 Å². The highest BCUT2D eigenvalue weighted by atomic mass is 79.9. The smallest absolute Gasteiger partial charge is 0.407 e. The Hall–Kier alpha value is -2.14. The highest BCUT2D eigenvalue weighted by molar-refractivity contribution is 9.10. The largest absolute Gasteiger partial charge is 0.444 e. The summed E-state index contributed by atoms with van der Waals surface area (Å²) in [6.07, 6.45) is 4.72. The average molecular weight is 495 g/mol. The lowest BCUT2D eigenvalue weighted by atomic mass is 9.98. The molecule has 1 N–H and O–H groups in total. The SMILES string of the molecule is CCNC(=O)O[C@@H]1C[C@@H]2CC[C@H]1N2c1nc2c(c(Br)nn2C2CCCCO2)c(=O)n1C. The van der Waals surface area contributed by atoms with Crippen LogP contribution in [0.4, 0.5) is 10.7 Å². The molecular formula is C20H27BrN6O4. The van der Waals surface area contributed by atoms with Crippen LogP contribution in [0.1, 0.15) is 51.7 Å². The van der Waals surface area contributed by atoms with Gasteiger partial charge in [-0.25, -0.2) is 9.48 Å². The van der Waals surface area contributed by atoms with Crippen LogP contribution in [-0.2, 0) is 16.5 Å². The van der Waals surface area contributed by atoms with Crippen LogP contribution in [0.25, 0.3) is 11.0 Å². The Bertz CT molecular complexity index is 1060. The summed E-state index contributed by atoms with van der Waals surface area (Å²) in [6, 6.07) is 0.194. The summed E-state index contributed by atoms with van der Waals surface area (Å²) < 4.78 is 15.4.